The van der Waals surface area contributed by atoms with E-state index in [0.29, 0.717) is 31.8 Å². The number of hydrogen-bond donors (Lipinski definition) is 1. The molecule has 2 heterocycles. The van der Waals surface area contributed by atoms with E-state index >= 15 is 4.39 Å². The largest absolute Gasteiger partial charge is 0.494 e. The lowest BCUT2D eigenvalue weighted by Gasteiger charge is -2.40. The molecule has 204 valence electrons. The second kappa shape index (κ2) is 12.3. The van der Waals surface area contributed by atoms with Crippen molar-refractivity contribution in [1.29, 1.82) is 0 Å². The van der Waals surface area contributed by atoms with Gasteiger partial charge in [0.05, 0.1) is 31.4 Å². The van der Waals surface area contributed by atoms with Crippen LogP contribution in [0.25, 0.3) is 0 Å². The average Bonchev–Trinajstić information content (AvgIpc) is 3.16. The third kappa shape index (κ3) is 8.10. The molecule has 0 spiro atoms. The van der Waals surface area contributed by atoms with Crippen LogP contribution in [-0.4, -0.2) is 69.2 Å². The second-order valence-electron chi connectivity index (χ2n) is 10.5. The van der Waals surface area contributed by atoms with E-state index in [0.717, 1.165) is 23.4 Å². The number of aryl methyl sites for hydroxylation is 2. The highest BCUT2D eigenvalue weighted by Crippen LogP contribution is 2.24. The molecule has 3 rings (SSSR count). The maximum Gasteiger partial charge on any atom is 0.410 e. The van der Waals surface area contributed by atoms with E-state index in [1.807, 2.05) is 51.2 Å². The van der Waals surface area contributed by atoms with Crippen LogP contribution >= 0.6 is 0 Å². The fraction of sp³-hybridized carbons (Fsp3) is 0.593. The first kappa shape index (κ1) is 28.3. The molecule has 1 N–H and O–H groups in total. The molecule has 1 saturated heterocycles. The van der Waals surface area contributed by atoms with Crippen molar-refractivity contribution in [2.45, 2.75) is 78.4 Å². The molecule has 9 nitrogen and oxygen atoms in total. The Morgan fingerprint density at radius 2 is 1.95 bits per heavy atom. The van der Waals surface area contributed by atoms with Gasteiger partial charge in [-0.1, -0.05) is 19.1 Å². The summed E-state index contributed by atoms with van der Waals surface area (Å²) in [6, 6.07) is 8.34. The topological polar surface area (TPSA) is 88.9 Å². The van der Waals surface area contributed by atoms with Gasteiger partial charge in [0.2, 0.25) is 0 Å². The van der Waals surface area contributed by atoms with Crippen LogP contribution in [0.4, 0.5) is 14.0 Å². The summed E-state index contributed by atoms with van der Waals surface area (Å²) < 4.78 is 28.2. The zero-order valence-corrected chi connectivity index (χ0v) is 22.8. The molecule has 1 aromatic carbocycles. The molecular weight excluding hydrogens is 477 g/mol. The Hall–Kier alpha value is -3.30. The molecule has 0 bridgehead atoms. The predicted octanol–water partition coefficient (Wildman–Crippen LogP) is 4.58. The molecule has 37 heavy (non-hydrogen) atoms. The number of hydrogen-bond acceptors (Lipinski definition) is 5. The van der Waals surface area contributed by atoms with Gasteiger partial charge in [0.15, 0.2) is 0 Å². The number of nitrogens with one attached hydrogen (secondary N) is 1. The highest BCUT2D eigenvalue weighted by atomic mass is 19.1. The normalized spacial score (nSPS) is 17.9. The van der Waals surface area contributed by atoms with Crippen molar-refractivity contribution < 1.29 is 23.5 Å². The van der Waals surface area contributed by atoms with Gasteiger partial charge in [-0.05, 0) is 64.3 Å². The van der Waals surface area contributed by atoms with Crippen LogP contribution in [0.2, 0.25) is 0 Å². The predicted molar refractivity (Wildman–Crippen MR) is 139 cm³/mol. The number of amides is 3. The van der Waals surface area contributed by atoms with E-state index in [2.05, 4.69) is 10.4 Å². The van der Waals surface area contributed by atoms with Crippen molar-refractivity contribution in [2.75, 3.05) is 19.7 Å². The molecule has 1 aromatic heterocycles. The standard InChI is InChI=1S/C27H40FN5O4/c1-7-14-36-22-10-8-20(9-11-22)16-29-25(34)33(17-21-15-19(2)31(6)30-21)24-12-13-32(18-23(24)28)26(35)37-27(3,4)5/h8-11,15,23-24H,7,12-14,16-18H2,1-6H3,(H,29,34)/t23-,24+/m1/s1. The molecule has 1 aliphatic rings. The van der Waals surface area contributed by atoms with Gasteiger partial charge >= 0.3 is 12.1 Å². The molecule has 2 atom stereocenters. The summed E-state index contributed by atoms with van der Waals surface area (Å²) >= 11 is 0. The Kier molecular flexibility index (Phi) is 9.39. The summed E-state index contributed by atoms with van der Waals surface area (Å²) in [6.07, 6.45) is -0.748. The Balaban J connectivity index is 1.69. The minimum Gasteiger partial charge on any atom is -0.494 e. The minimum absolute atomic E-state index is 0.135. The fourth-order valence-corrected chi connectivity index (χ4v) is 4.16. The van der Waals surface area contributed by atoms with Crippen LogP contribution in [0.1, 0.15) is 57.5 Å². The van der Waals surface area contributed by atoms with E-state index in [1.54, 1.807) is 25.5 Å². The van der Waals surface area contributed by atoms with E-state index < -0.39 is 23.9 Å². The van der Waals surface area contributed by atoms with Gasteiger partial charge in [0.25, 0.3) is 0 Å². The molecule has 0 saturated carbocycles. The van der Waals surface area contributed by atoms with Crippen molar-refractivity contribution in [3.8, 4) is 5.75 Å². The maximum atomic E-state index is 15.5. The molecule has 10 heteroatoms. The number of carbonyl (C=O) groups is 2. The highest BCUT2D eigenvalue weighted by molar-refractivity contribution is 5.75. The zero-order chi connectivity index (χ0) is 27.2. The Bertz CT molecular complexity index is 1030. The SMILES string of the molecule is CCCOc1ccc(CNC(=O)N(Cc2cc(C)n(C)n2)[C@H]2CCN(C(=O)OC(C)(C)C)C[C@H]2F)cc1. The molecule has 0 radical (unpaired) electrons. The second-order valence-corrected chi connectivity index (χ2v) is 10.5. The summed E-state index contributed by atoms with van der Waals surface area (Å²) in [5.74, 6) is 0.779. The van der Waals surface area contributed by atoms with Crippen LogP contribution in [-0.2, 0) is 24.9 Å². The number of piperidine rings is 1. The Labute approximate surface area is 218 Å². The smallest absolute Gasteiger partial charge is 0.410 e. The van der Waals surface area contributed by atoms with Crippen molar-refractivity contribution in [2.24, 2.45) is 7.05 Å². The number of alkyl halides is 1. The number of nitrogens with zero attached hydrogens (tertiary/aromatic N) is 4. The molecule has 1 aliphatic heterocycles. The van der Waals surface area contributed by atoms with Crippen molar-refractivity contribution >= 4 is 12.1 Å². The van der Waals surface area contributed by atoms with Crippen LogP contribution in [0.5, 0.6) is 5.75 Å². The number of urea groups is 1. The van der Waals surface area contributed by atoms with Crippen molar-refractivity contribution in [3.63, 3.8) is 0 Å². The average molecular weight is 518 g/mol. The van der Waals surface area contributed by atoms with Crippen molar-refractivity contribution in [3.05, 3.63) is 47.3 Å². The highest BCUT2D eigenvalue weighted by Gasteiger charge is 2.38. The maximum absolute atomic E-state index is 15.5. The van der Waals surface area contributed by atoms with E-state index in [1.165, 1.54) is 9.80 Å². The summed E-state index contributed by atoms with van der Waals surface area (Å²) in [4.78, 5) is 28.7. The summed E-state index contributed by atoms with van der Waals surface area (Å²) in [6.45, 7) is 10.6. The fourth-order valence-electron chi connectivity index (χ4n) is 4.16. The number of likely N-dealkylation sites (tertiary alicyclic amines) is 1. The number of halogens is 1. The minimum atomic E-state index is -1.42. The zero-order valence-electron chi connectivity index (χ0n) is 22.8. The number of rotatable bonds is 8. The number of benzene rings is 1. The van der Waals surface area contributed by atoms with Gasteiger partial charge < -0.3 is 24.6 Å². The summed E-state index contributed by atoms with van der Waals surface area (Å²) in [5, 5.41) is 7.39. The van der Waals surface area contributed by atoms with Gasteiger partial charge in [-0.15, -0.1) is 0 Å². The third-order valence-electron chi connectivity index (χ3n) is 6.16. The molecule has 1 fully saturated rings. The van der Waals surface area contributed by atoms with Crippen LogP contribution in [0.3, 0.4) is 0 Å². The molecule has 2 aromatic rings. The van der Waals surface area contributed by atoms with Crippen LogP contribution in [0.15, 0.2) is 30.3 Å². The van der Waals surface area contributed by atoms with Crippen molar-refractivity contribution in [1.82, 2.24) is 24.9 Å². The first-order valence-electron chi connectivity index (χ1n) is 12.8. The first-order chi connectivity index (χ1) is 17.5. The molecule has 0 aliphatic carbocycles. The first-order valence-corrected chi connectivity index (χ1v) is 12.8. The van der Waals surface area contributed by atoms with Gasteiger partial charge in [-0.25, -0.2) is 14.0 Å². The summed E-state index contributed by atoms with van der Waals surface area (Å²) in [5.41, 5.74) is 1.86. The lowest BCUT2D eigenvalue weighted by molar-refractivity contribution is -0.000772. The third-order valence-corrected chi connectivity index (χ3v) is 6.16. The molecule has 0 unspecified atom stereocenters. The summed E-state index contributed by atoms with van der Waals surface area (Å²) in [7, 11) is 1.83. The van der Waals surface area contributed by atoms with E-state index in [9.17, 15) is 9.59 Å². The molecular formula is C27H40FN5O4. The number of aromatic nitrogens is 2. The van der Waals surface area contributed by atoms with Crippen LogP contribution < -0.4 is 10.1 Å². The number of carbonyl (C=O) groups excluding carboxylic acids is 2. The Morgan fingerprint density at radius 3 is 2.51 bits per heavy atom. The lowest BCUT2D eigenvalue weighted by Crippen LogP contribution is -2.57. The quantitative estimate of drug-likeness (QED) is 0.554. The van der Waals surface area contributed by atoms with Gasteiger partial charge in [-0.2, -0.15) is 5.10 Å². The lowest BCUT2D eigenvalue weighted by atomic mass is 10.0. The molecule has 3 amide bonds. The number of ether oxygens (including phenoxy) is 2. The van der Waals surface area contributed by atoms with Gasteiger partial charge in [-0.3, -0.25) is 4.68 Å². The van der Waals surface area contributed by atoms with Crippen LogP contribution in [0, 0.1) is 6.92 Å². The Morgan fingerprint density at radius 1 is 1.24 bits per heavy atom. The van der Waals surface area contributed by atoms with Gasteiger partial charge in [0.1, 0.15) is 17.5 Å². The van der Waals surface area contributed by atoms with E-state index in [-0.39, 0.29) is 19.1 Å². The monoisotopic (exact) mass is 517 g/mol. The van der Waals surface area contributed by atoms with Gasteiger partial charge in [0, 0.05) is 25.8 Å². The van der Waals surface area contributed by atoms with E-state index in [4.69, 9.17) is 9.47 Å².